The number of anilines is 1. The zero-order chi connectivity index (χ0) is 27.1. The van der Waals surface area contributed by atoms with E-state index in [1.165, 1.54) is 0 Å². The van der Waals surface area contributed by atoms with Crippen molar-refractivity contribution in [2.45, 2.75) is 87.7 Å². The van der Waals surface area contributed by atoms with Gasteiger partial charge in [-0.15, -0.1) is 11.8 Å². The number of nitrogens with zero attached hydrogens (tertiary/aromatic N) is 1. The highest BCUT2D eigenvalue weighted by Crippen LogP contribution is 2.66. The molecule has 9 heteroatoms. The molecule has 2 unspecified atom stereocenters. The molecule has 1 spiro atoms. The van der Waals surface area contributed by atoms with Crippen LogP contribution in [0, 0.1) is 11.8 Å². The SMILES string of the molecule is CCCCCNC(=O)C1N(CCCCCCO)C(=O)[C@@H]2[C@H](C(=O)Nc3ccc(OCC)cc3)[C@@H]3CCC12S3. The van der Waals surface area contributed by atoms with Crippen molar-refractivity contribution in [3.05, 3.63) is 24.3 Å². The second-order valence-electron chi connectivity index (χ2n) is 10.7. The van der Waals surface area contributed by atoms with E-state index in [4.69, 9.17) is 9.84 Å². The van der Waals surface area contributed by atoms with E-state index in [0.717, 1.165) is 63.5 Å². The fourth-order valence-corrected chi connectivity index (χ4v) is 8.67. The van der Waals surface area contributed by atoms with Crippen LogP contribution in [0.25, 0.3) is 0 Å². The Labute approximate surface area is 230 Å². The van der Waals surface area contributed by atoms with Gasteiger partial charge in [0.05, 0.1) is 23.2 Å². The van der Waals surface area contributed by atoms with E-state index in [2.05, 4.69) is 17.6 Å². The summed E-state index contributed by atoms with van der Waals surface area (Å²) in [6.07, 6.45) is 7.97. The van der Waals surface area contributed by atoms with Crippen LogP contribution in [-0.2, 0) is 14.4 Å². The van der Waals surface area contributed by atoms with Gasteiger partial charge < -0.3 is 25.4 Å². The van der Waals surface area contributed by atoms with Crippen molar-refractivity contribution in [3.63, 3.8) is 0 Å². The monoisotopic (exact) mass is 545 g/mol. The molecule has 1 aromatic carbocycles. The van der Waals surface area contributed by atoms with Crippen molar-refractivity contribution in [1.82, 2.24) is 10.2 Å². The lowest BCUT2D eigenvalue weighted by Gasteiger charge is -2.34. The van der Waals surface area contributed by atoms with Gasteiger partial charge in [0.15, 0.2) is 0 Å². The normalized spacial score (nSPS) is 27.4. The smallest absolute Gasteiger partial charge is 0.244 e. The Kier molecular flexibility index (Phi) is 9.98. The molecule has 3 heterocycles. The first kappa shape index (κ1) is 28.7. The highest BCUT2D eigenvalue weighted by molar-refractivity contribution is 8.02. The molecule has 8 nitrogen and oxygen atoms in total. The molecule has 0 aromatic heterocycles. The number of benzene rings is 1. The Balaban J connectivity index is 1.52. The maximum atomic E-state index is 14.0. The van der Waals surface area contributed by atoms with Gasteiger partial charge in [-0.05, 0) is 63.3 Å². The second kappa shape index (κ2) is 13.2. The van der Waals surface area contributed by atoms with Crippen LogP contribution in [0.2, 0.25) is 0 Å². The summed E-state index contributed by atoms with van der Waals surface area (Å²) < 4.78 is 4.95. The highest BCUT2D eigenvalue weighted by Gasteiger charge is 2.73. The van der Waals surface area contributed by atoms with Crippen LogP contribution in [0.1, 0.15) is 71.6 Å². The number of fused-ring (bicyclic) bond motifs is 1. The molecule has 3 fully saturated rings. The Bertz CT molecular complexity index is 973. The number of carbonyl (C=O) groups is 3. The van der Waals surface area contributed by atoms with E-state index < -0.39 is 22.6 Å². The minimum absolute atomic E-state index is 0.0359. The lowest BCUT2D eigenvalue weighted by Crippen LogP contribution is -2.53. The molecule has 1 aromatic rings. The van der Waals surface area contributed by atoms with Crippen LogP contribution in [-0.4, -0.2) is 70.1 Å². The molecule has 3 N–H and O–H groups in total. The minimum Gasteiger partial charge on any atom is -0.494 e. The van der Waals surface area contributed by atoms with E-state index in [0.29, 0.717) is 25.4 Å². The van der Waals surface area contributed by atoms with Gasteiger partial charge in [-0.1, -0.05) is 32.6 Å². The number of thioether (sulfide) groups is 1. The van der Waals surface area contributed by atoms with Gasteiger partial charge in [0.2, 0.25) is 17.7 Å². The summed E-state index contributed by atoms with van der Waals surface area (Å²) in [5.41, 5.74) is 0.677. The van der Waals surface area contributed by atoms with Crippen molar-refractivity contribution in [3.8, 4) is 5.75 Å². The zero-order valence-corrected chi connectivity index (χ0v) is 23.6. The van der Waals surface area contributed by atoms with Crippen molar-refractivity contribution in [2.24, 2.45) is 11.8 Å². The molecule has 3 amide bonds. The predicted octanol–water partition coefficient (Wildman–Crippen LogP) is 3.97. The van der Waals surface area contributed by atoms with Crippen molar-refractivity contribution in [2.75, 3.05) is 31.6 Å². The molecule has 38 heavy (non-hydrogen) atoms. The number of hydrogen-bond acceptors (Lipinski definition) is 6. The number of hydrogen-bond donors (Lipinski definition) is 3. The molecule has 0 radical (unpaired) electrons. The van der Waals surface area contributed by atoms with Gasteiger partial charge >= 0.3 is 0 Å². The Morgan fingerprint density at radius 2 is 1.84 bits per heavy atom. The molecule has 4 rings (SSSR count). The Morgan fingerprint density at radius 3 is 2.55 bits per heavy atom. The Morgan fingerprint density at radius 1 is 1.08 bits per heavy atom. The minimum atomic E-state index is -0.553. The quantitative estimate of drug-likeness (QED) is 0.288. The van der Waals surface area contributed by atoms with Crippen LogP contribution < -0.4 is 15.4 Å². The van der Waals surface area contributed by atoms with E-state index in [-0.39, 0.29) is 29.6 Å². The van der Waals surface area contributed by atoms with Gasteiger partial charge in [-0.3, -0.25) is 14.4 Å². The lowest BCUT2D eigenvalue weighted by molar-refractivity contribution is -0.139. The molecule has 3 aliphatic heterocycles. The largest absolute Gasteiger partial charge is 0.494 e. The molecule has 3 saturated heterocycles. The number of aliphatic hydroxyl groups excluding tert-OH is 1. The maximum absolute atomic E-state index is 14.0. The summed E-state index contributed by atoms with van der Waals surface area (Å²) in [6.45, 7) is 5.91. The van der Waals surface area contributed by atoms with Crippen molar-refractivity contribution >= 4 is 35.2 Å². The zero-order valence-electron chi connectivity index (χ0n) is 22.7. The summed E-state index contributed by atoms with van der Waals surface area (Å²) >= 11 is 1.70. The molecule has 0 aliphatic carbocycles. The molecule has 3 aliphatic rings. The van der Waals surface area contributed by atoms with Crippen molar-refractivity contribution < 1.29 is 24.2 Å². The number of likely N-dealkylation sites (tertiary alicyclic amines) is 1. The number of amides is 3. The number of nitrogens with one attached hydrogen (secondary N) is 2. The third-order valence-electron chi connectivity index (χ3n) is 8.17. The standard InChI is InChI=1S/C29H43N3O5S/c1-3-5-8-17-30-27(35)25-29-16-15-22(38-29)23(24(29)28(36)32(25)18-9-6-7-10-19-33)26(34)31-20-11-13-21(14-12-20)37-4-2/h11-14,22-25,33H,3-10,15-19H2,1-2H3,(H,30,35)(H,31,34)/t22-,23+,24-,25?,29?/m0/s1. The fraction of sp³-hybridized carbons (Fsp3) is 0.690. The number of unbranched alkanes of at least 4 members (excludes halogenated alkanes) is 5. The highest BCUT2D eigenvalue weighted by atomic mass is 32.2. The van der Waals surface area contributed by atoms with E-state index >= 15 is 0 Å². The summed E-state index contributed by atoms with van der Waals surface area (Å²) in [5.74, 6) is -0.470. The van der Waals surface area contributed by atoms with Gasteiger partial charge in [0.25, 0.3) is 0 Å². The number of rotatable bonds is 15. The number of aliphatic hydroxyl groups is 1. The summed E-state index contributed by atoms with van der Waals surface area (Å²) in [7, 11) is 0. The summed E-state index contributed by atoms with van der Waals surface area (Å²) in [5, 5.41) is 15.3. The third-order valence-corrected chi connectivity index (χ3v) is 10.1. The first-order chi connectivity index (χ1) is 18.5. The second-order valence-corrected chi connectivity index (χ2v) is 12.3. The average Bonchev–Trinajstić information content (AvgIpc) is 3.55. The van der Waals surface area contributed by atoms with Gasteiger partial charge in [-0.25, -0.2) is 0 Å². The molecule has 2 bridgehead atoms. The summed E-state index contributed by atoms with van der Waals surface area (Å²) in [4.78, 5) is 43.0. The van der Waals surface area contributed by atoms with Crippen LogP contribution in [0.4, 0.5) is 5.69 Å². The van der Waals surface area contributed by atoms with Crippen LogP contribution in [0.3, 0.4) is 0 Å². The van der Waals surface area contributed by atoms with Gasteiger partial charge in [-0.2, -0.15) is 0 Å². The van der Waals surface area contributed by atoms with E-state index in [1.807, 2.05) is 31.2 Å². The van der Waals surface area contributed by atoms with Gasteiger partial charge in [0.1, 0.15) is 11.8 Å². The lowest BCUT2D eigenvalue weighted by atomic mass is 9.70. The Hall–Kier alpha value is -2.26. The first-order valence-corrected chi connectivity index (χ1v) is 15.2. The fourth-order valence-electron chi connectivity index (χ4n) is 6.45. The molecule has 210 valence electrons. The van der Waals surface area contributed by atoms with Gasteiger partial charge in [0, 0.05) is 30.6 Å². The summed E-state index contributed by atoms with van der Waals surface area (Å²) in [6, 6.07) is 6.75. The first-order valence-electron chi connectivity index (χ1n) is 14.4. The molecule has 5 atom stereocenters. The van der Waals surface area contributed by atoms with E-state index in [1.54, 1.807) is 16.7 Å². The molecule has 0 saturated carbocycles. The van der Waals surface area contributed by atoms with Crippen LogP contribution in [0.15, 0.2) is 24.3 Å². The van der Waals surface area contributed by atoms with Crippen LogP contribution in [0.5, 0.6) is 5.75 Å². The average molecular weight is 546 g/mol. The predicted molar refractivity (Wildman–Crippen MR) is 150 cm³/mol. The van der Waals surface area contributed by atoms with Crippen molar-refractivity contribution in [1.29, 1.82) is 0 Å². The number of carbonyl (C=O) groups excluding carboxylic acids is 3. The van der Waals surface area contributed by atoms with Crippen LogP contribution >= 0.6 is 11.8 Å². The molecular weight excluding hydrogens is 502 g/mol. The topological polar surface area (TPSA) is 108 Å². The van der Waals surface area contributed by atoms with E-state index in [9.17, 15) is 14.4 Å². The number of ether oxygens (including phenoxy) is 1. The maximum Gasteiger partial charge on any atom is 0.244 e. The third kappa shape index (κ3) is 5.83. The molecular formula is C29H43N3O5S.